The van der Waals surface area contributed by atoms with Crippen LogP contribution in [-0.4, -0.2) is 24.9 Å². The summed E-state index contributed by atoms with van der Waals surface area (Å²) in [5.41, 5.74) is 3.06. The zero-order valence-corrected chi connectivity index (χ0v) is 16.2. The normalized spacial score (nSPS) is 21.8. The van der Waals surface area contributed by atoms with Crippen molar-refractivity contribution in [1.82, 2.24) is 5.32 Å². The summed E-state index contributed by atoms with van der Waals surface area (Å²) in [6.07, 6.45) is 3.10. The van der Waals surface area contributed by atoms with Crippen molar-refractivity contribution < 1.29 is 9.59 Å². The van der Waals surface area contributed by atoms with E-state index in [1.54, 1.807) is 0 Å². The molecule has 0 radical (unpaired) electrons. The number of carbonyl (C=O) groups excluding carboxylic acids is 2. The van der Waals surface area contributed by atoms with Gasteiger partial charge in [0.05, 0.1) is 17.9 Å². The van der Waals surface area contributed by atoms with Crippen LogP contribution < -0.4 is 15.5 Å². The summed E-state index contributed by atoms with van der Waals surface area (Å²) in [5, 5.41) is 5.98. The topological polar surface area (TPSA) is 61.4 Å². The number of nitrogens with one attached hydrogen (secondary N) is 2. The predicted molar refractivity (Wildman–Crippen MR) is 111 cm³/mol. The van der Waals surface area contributed by atoms with E-state index in [1.165, 1.54) is 18.5 Å². The van der Waals surface area contributed by atoms with Gasteiger partial charge in [-0.2, -0.15) is 0 Å². The lowest BCUT2D eigenvalue weighted by molar-refractivity contribution is -0.125. The first-order valence-electron chi connectivity index (χ1n) is 10.1. The van der Waals surface area contributed by atoms with Crippen LogP contribution in [0.4, 0.5) is 11.4 Å². The molecule has 2 aromatic rings. The van der Waals surface area contributed by atoms with Crippen molar-refractivity contribution in [2.75, 3.05) is 23.3 Å². The molecule has 3 atom stereocenters. The summed E-state index contributed by atoms with van der Waals surface area (Å²) in [7, 11) is 0. The van der Waals surface area contributed by atoms with Crippen LogP contribution in [0.25, 0.3) is 0 Å². The molecular weight excluding hydrogens is 350 g/mol. The summed E-state index contributed by atoms with van der Waals surface area (Å²) in [4.78, 5) is 27.3. The van der Waals surface area contributed by atoms with Crippen LogP contribution in [0.15, 0.2) is 54.6 Å². The Bertz CT molecular complexity index is 829. The first-order valence-corrected chi connectivity index (χ1v) is 10.1. The standard InChI is InChI=1S/C23H27N3O2/c1-16(17-7-3-2-4-8-17)24-22(27)20-15-21(20)23(28)25-18-9-11-19(12-10-18)26-13-5-6-14-26/h2-4,7-12,16,20-21H,5-6,13-15H2,1H3,(H,24,27)(H,25,28). The van der Waals surface area contributed by atoms with Gasteiger partial charge in [-0.3, -0.25) is 9.59 Å². The summed E-state index contributed by atoms with van der Waals surface area (Å²) < 4.78 is 0. The highest BCUT2D eigenvalue weighted by Crippen LogP contribution is 2.40. The third-order valence-electron chi connectivity index (χ3n) is 5.73. The van der Waals surface area contributed by atoms with Gasteiger partial charge in [-0.05, 0) is 56.0 Å². The largest absolute Gasteiger partial charge is 0.372 e. The third kappa shape index (κ3) is 4.19. The van der Waals surface area contributed by atoms with Gasteiger partial charge in [-0.25, -0.2) is 0 Å². The Hall–Kier alpha value is -2.82. The molecule has 1 aliphatic carbocycles. The van der Waals surface area contributed by atoms with Crippen LogP contribution in [-0.2, 0) is 9.59 Å². The average molecular weight is 377 g/mol. The molecule has 2 N–H and O–H groups in total. The second-order valence-corrected chi connectivity index (χ2v) is 7.82. The number of benzene rings is 2. The summed E-state index contributed by atoms with van der Waals surface area (Å²) in [6.45, 7) is 4.17. The lowest BCUT2D eigenvalue weighted by Gasteiger charge is -2.17. The number of rotatable bonds is 6. The highest BCUT2D eigenvalue weighted by Gasteiger charge is 2.48. The zero-order chi connectivity index (χ0) is 19.5. The smallest absolute Gasteiger partial charge is 0.228 e. The summed E-state index contributed by atoms with van der Waals surface area (Å²) >= 11 is 0. The minimum absolute atomic E-state index is 0.0408. The van der Waals surface area contributed by atoms with E-state index in [0.717, 1.165) is 24.3 Å². The Morgan fingerprint density at radius 1 is 0.929 bits per heavy atom. The van der Waals surface area contributed by atoms with E-state index >= 15 is 0 Å². The maximum atomic E-state index is 12.5. The van der Waals surface area contributed by atoms with E-state index in [9.17, 15) is 9.59 Å². The first kappa shape index (κ1) is 18.5. The predicted octanol–water partition coefficient (Wildman–Crippen LogP) is 3.74. The number of carbonyl (C=O) groups is 2. The Balaban J connectivity index is 1.27. The molecule has 28 heavy (non-hydrogen) atoms. The zero-order valence-electron chi connectivity index (χ0n) is 16.2. The van der Waals surface area contributed by atoms with Gasteiger partial charge in [-0.1, -0.05) is 30.3 Å². The molecule has 146 valence electrons. The van der Waals surface area contributed by atoms with E-state index < -0.39 is 0 Å². The number of hydrogen-bond donors (Lipinski definition) is 2. The van der Waals surface area contributed by atoms with E-state index in [0.29, 0.717) is 6.42 Å². The SMILES string of the molecule is CC(NC(=O)C1CC1C(=O)Nc1ccc(N2CCCC2)cc1)c1ccccc1. The molecule has 2 fully saturated rings. The Kier molecular flexibility index (Phi) is 5.33. The van der Waals surface area contributed by atoms with Gasteiger partial charge < -0.3 is 15.5 Å². The first-order chi connectivity index (χ1) is 13.6. The van der Waals surface area contributed by atoms with Gasteiger partial charge in [0.25, 0.3) is 0 Å². The molecule has 1 aliphatic heterocycles. The van der Waals surface area contributed by atoms with Crippen molar-refractivity contribution in [2.45, 2.75) is 32.2 Å². The Labute approximate surface area is 166 Å². The van der Waals surface area contributed by atoms with Crippen molar-refractivity contribution >= 4 is 23.2 Å². The van der Waals surface area contributed by atoms with Crippen LogP contribution in [0.2, 0.25) is 0 Å². The molecule has 4 rings (SSSR count). The molecule has 2 amide bonds. The third-order valence-corrected chi connectivity index (χ3v) is 5.73. The lowest BCUT2D eigenvalue weighted by atomic mass is 10.1. The maximum Gasteiger partial charge on any atom is 0.228 e. The molecule has 0 spiro atoms. The highest BCUT2D eigenvalue weighted by atomic mass is 16.2. The van der Waals surface area contributed by atoms with Crippen LogP contribution in [0.3, 0.4) is 0 Å². The molecule has 5 nitrogen and oxygen atoms in total. The van der Waals surface area contributed by atoms with Crippen LogP contribution in [0.5, 0.6) is 0 Å². The van der Waals surface area contributed by atoms with Crippen LogP contribution in [0.1, 0.15) is 37.8 Å². The monoisotopic (exact) mass is 377 g/mol. The van der Waals surface area contributed by atoms with Crippen LogP contribution in [0, 0.1) is 11.8 Å². The van der Waals surface area contributed by atoms with Crippen molar-refractivity contribution in [3.63, 3.8) is 0 Å². The fraction of sp³-hybridized carbons (Fsp3) is 0.391. The highest BCUT2D eigenvalue weighted by molar-refractivity contribution is 5.99. The molecule has 0 bridgehead atoms. The fourth-order valence-corrected chi connectivity index (χ4v) is 3.89. The molecule has 3 unspecified atom stereocenters. The molecule has 2 aliphatic rings. The Morgan fingerprint density at radius 2 is 1.57 bits per heavy atom. The second-order valence-electron chi connectivity index (χ2n) is 7.82. The van der Waals surface area contributed by atoms with Crippen molar-refractivity contribution in [2.24, 2.45) is 11.8 Å². The van der Waals surface area contributed by atoms with Crippen LogP contribution >= 0.6 is 0 Å². The molecule has 2 aromatic carbocycles. The van der Waals surface area contributed by atoms with Crippen molar-refractivity contribution in [3.8, 4) is 0 Å². The average Bonchev–Trinajstić information content (AvgIpc) is 3.35. The van der Waals surface area contributed by atoms with E-state index in [2.05, 4.69) is 27.7 Å². The van der Waals surface area contributed by atoms with Gasteiger partial charge in [0.15, 0.2) is 0 Å². The minimum atomic E-state index is -0.235. The van der Waals surface area contributed by atoms with E-state index in [1.807, 2.05) is 49.4 Å². The molecule has 0 aromatic heterocycles. The van der Waals surface area contributed by atoms with Crippen molar-refractivity contribution in [3.05, 3.63) is 60.2 Å². The fourth-order valence-electron chi connectivity index (χ4n) is 3.89. The minimum Gasteiger partial charge on any atom is -0.372 e. The number of anilines is 2. The van der Waals surface area contributed by atoms with Gasteiger partial charge in [0.2, 0.25) is 11.8 Å². The molecule has 1 heterocycles. The van der Waals surface area contributed by atoms with Gasteiger partial charge in [0, 0.05) is 24.5 Å². The van der Waals surface area contributed by atoms with Gasteiger partial charge in [0.1, 0.15) is 0 Å². The van der Waals surface area contributed by atoms with E-state index in [-0.39, 0.29) is 29.7 Å². The lowest BCUT2D eigenvalue weighted by Crippen LogP contribution is -2.29. The summed E-state index contributed by atoms with van der Waals surface area (Å²) in [6, 6.07) is 17.8. The summed E-state index contributed by atoms with van der Waals surface area (Å²) in [5.74, 6) is -0.571. The van der Waals surface area contributed by atoms with Crippen molar-refractivity contribution in [1.29, 1.82) is 0 Å². The van der Waals surface area contributed by atoms with Gasteiger partial charge >= 0.3 is 0 Å². The molecule has 1 saturated carbocycles. The van der Waals surface area contributed by atoms with Gasteiger partial charge in [-0.15, -0.1) is 0 Å². The number of nitrogens with zero attached hydrogens (tertiary/aromatic N) is 1. The second kappa shape index (κ2) is 8.05. The molecule has 5 heteroatoms. The van der Waals surface area contributed by atoms with E-state index in [4.69, 9.17) is 0 Å². The quantitative estimate of drug-likeness (QED) is 0.806. The number of hydrogen-bond acceptors (Lipinski definition) is 3. The number of amides is 2. The molecular formula is C23H27N3O2. The maximum absolute atomic E-state index is 12.5. The molecule has 1 saturated heterocycles. The Morgan fingerprint density at radius 3 is 2.25 bits per heavy atom.